The van der Waals surface area contributed by atoms with Gasteiger partial charge in [0.1, 0.15) is 11.6 Å². The van der Waals surface area contributed by atoms with Gasteiger partial charge in [0, 0.05) is 26.2 Å². The lowest BCUT2D eigenvalue weighted by Crippen LogP contribution is -2.51. The average molecular weight is 401 g/mol. The molecule has 2 aromatic carbocycles. The monoisotopic (exact) mass is 401 g/mol. The molecule has 3 rings (SSSR count). The SMILES string of the molecule is CC(NC(=O)CN1CCN(C(=O)Cc2ccc(F)cc2)CC1)c1ccc(F)cc1. The van der Waals surface area contributed by atoms with Gasteiger partial charge in [-0.1, -0.05) is 24.3 Å². The van der Waals surface area contributed by atoms with E-state index in [1.807, 2.05) is 11.8 Å². The van der Waals surface area contributed by atoms with Crippen LogP contribution < -0.4 is 5.32 Å². The van der Waals surface area contributed by atoms with E-state index < -0.39 is 0 Å². The van der Waals surface area contributed by atoms with Crippen LogP contribution in [-0.4, -0.2) is 54.3 Å². The summed E-state index contributed by atoms with van der Waals surface area (Å²) < 4.78 is 26.0. The maximum atomic E-state index is 13.0. The Morgan fingerprint density at radius 1 is 0.931 bits per heavy atom. The van der Waals surface area contributed by atoms with E-state index in [1.54, 1.807) is 29.2 Å². The molecule has 1 saturated heterocycles. The highest BCUT2D eigenvalue weighted by atomic mass is 19.1. The Balaban J connectivity index is 1.41. The molecule has 29 heavy (non-hydrogen) atoms. The molecule has 0 saturated carbocycles. The summed E-state index contributed by atoms with van der Waals surface area (Å²) in [5.74, 6) is -0.723. The van der Waals surface area contributed by atoms with Crippen LogP contribution in [0.15, 0.2) is 48.5 Å². The number of nitrogens with zero attached hydrogens (tertiary/aromatic N) is 2. The van der Waals surface area contributed by atoms with Crippen molar-refractivity contribution in [2.45, 2.75) is 19.4 Å². The van der Waals surface area contributed by atoms with Gasteiger partial charge in [0.15, 0.2) is 0 Å². The zero-order valence-corrected chi connectivity index (χ0v) is 16.4. The second-order valence-electron chi connectivity index (χ2n) is 7.30. The third-order valence-corrected chi connectivity index (χ3v) is 5.11. The van der Waals surface area contributed by atoms with Crippen molar-refractivity contribution in [2.75, 3.05) is 32.7 Å². The fourth-order valence-electron chi connectivity index (χ4n) is 3.37. The van der Waals surface area contributed by atoms with Gasteiger partial charge in [0.25, 0.3) is 0 Å². The molecule has 0 aliphatic carbocycles. The summed E-state index contributed by atoms with van der Waals surface area (Å²) in [6.07, 6.45) is 0.246. The van der Waals surface area contributed by atoms with Crippen molar-refractivity contribution in [3.05, 3.63) is 71.3 Å². The molecular weight excluding hydrogens is 376 g/mol. The first-order valence-corrected chi connectivity index (χ1v) is 9.70. The molecule has 0 spiro atoms. The summed E-state index contributed by atoms with van der Waals surface area (Å²) in [6.45, 7) is 4.46. The smallest absolute Gasteiger partial charge is 0.234 e. The third kappa shape index (κ3) is 6.09. The van der Waals surface area contributed by atoms with Crippen molar-refractivity contribution in [1.29, 1.82) is 0 Å². The summed E-state index contributed by atoms with van der Waals surface area (Å²) >= 11 is 0. The van der Waals surface area contributed by atoms with Gasteiger partial charge < -0.3 is 10.2 Å². The quantitative estimate of drug-likeness (QED) is 0.809. The topological polar surface area (TPSA) is 52.7 Å². The second kappa shape index (κ2) is 9.60. The van der Waals surface area contributed by atoms with E-state index in [-0.39, 0.29) is 42.5 Å². The minimum absolute atomic E-state index is 0.00522. The standard InChI is InChI=1S/C22H25F2N3O2/c1-16(18-4-8-20(24)9-5-18)25-21(28)15-26-10-12-27(13-11-26)22(29)14-17-2-6-19(23)7-3-17/h2-9,16H,10-15H2,1H3,(H,25,28). The minimum Gasteiger partial charge on any atom is -0.348 e. The van der Waals surface area contributed by atoms with Gasteiger partial charge in [-0.3, -0.25) is 14.5 Å². The highest BCUT2D eigenvalue weighted by Crippen LogP contribution is 2.13. The van der Waals surface area contributed by atoms with Crippen LogP contribution in [0.1, 0.15) is 24.1 Å². The molecule has 2 amide bonds. The lowest BCUT2D eigenvalue weighted by molar-refractivity contribution is -0.132. The largest absolute Gasteiger partial charge is 0.348 e. The lowest BCUT2D eigenvalue weighted by Gasteiger charge is -2.34. The van der Waals surface area contributed by atoms with Crippen molar-refractivity contribution >= 4 is 11.8 Å². The Hall–Kier alpha value is -2.80. The van der Waals surface area contributed by atoms with E-state index >= 15 is 0 Å². The molecule has 5 nitrogen and oxygen atoms in total. The summed E-state index contributed by atoms with van der Waals surface area (Å²) in [6, 6.07) is 11.8. The first kappa shape index (κ1) is 20.9. The first-order chi connectivity index (χ1) is 13.9. The number of hydrogen-bond acceptors (Lipinski definition) is 3. The van der Waals surface area contributed by atoms with E-state index in [2.05, 4.69) is 5.32 Å². The number of benzene rings is 2. The number of rotatable bonds is 6. The second-order valence-corrected chi connectivity index (χ2v) is 7.30. The zero-order chi connectivity index (χ0) is 20.8. The molecule has 1 atom stereocenters. The third-order valence-electron chi connectivity index (χ3n) is 5.11. The van der Waals surface area contributed by atoms with Crippen molar-refractivity contribution in [3.63, 3.8) is 0 Å². The molecule has 1 unspecified atom stereocenters. The van der Waals surface area contributed by atoms with Gasteiger partial charge in [-0.15, -0.1) is 0 Å². The maximum Gasteiger partial charge on any atom is 0.234 e. The fraction of sp³-hybridized carbons (Fsp3) is 0.364. The van der Waals surface area contributed by atoms with Crippen LogP contribution in [0.2, 0.25) is 0 Å². The molecule has 1 N–H and O–H groups in total. The molecule has 1 fully saturated rings. The molecule has 0 radical (unpaired) electrons. The van der Waals surface area contributed by atoms with E-state index in [9.17, 15) is 18.4 Å². The van der Waals surface area contributed by atoms with Crippen LogP contribution in [0, 0.1) is 11.6 Å². The molecule has 154 valence electrons. The molecule has 0 bridgehead atoms. The van der Waals surface area contributed by atoms with Gasteiger partial charge in [-0.2, -0.15) is 0 Å². The highest BCUT2D eigenvalue weighted by Gasteiger charge is 2.23. The fourth-order valence-corrected chi connectivity index (χ4v) is 3.37. The molecule has 1 heterocycles. The summed E-state index contributed by atoms with van der Waals surface area (Å²) in [5.41, 5.74) is 1.63. The summed E-state index contributed by atoms with van der Waals surface area (Å²) in [5, 5.41) is 2.92. The van der Waals surface area contributed by atoms with Crippen molar-refractivity contribution in [1.82, 2.24) is 15.1 Å². The van der Waals surface area contributed by atoms with E-state index in [0.717, 1.165) is 11.1 Å². The van der Waals surface area contributed by atoms with Gasteiger partial charge in [0.2, 0.25) is 11.8 Å². The van der Waals surface area contributed by atoms with Gasteiger partial charge in [-0.25, -0.2) is 8.78 Å². The van der Waals surface area contributed by atoms with Crippen LogP contribution >= 0.6 is 0 Å². The number of hydrogen-bond donors (Lipinski definition) is 1. The first-order valence-electron chi connectivity index (χ1n) is 9.70. The van der Waals surface area contributed by atoms with Gasteiger partial charge >= 0.3 is 0 Å². The molecule has 7 heteroatoms. The zero-order valence-electron chi connectivity index (χ0n) is 16.4. The molecular formula is C22H25F2N3O2. The number of nitrogens with one attached hydrogen (secondary N) is 1. The van der Waals surface area contributed by atoms with Crippen LogP contribution in [0.25, 0.3) is 0 Å². The molecule has 1 aliphatic rings. The predicted molar refractivity (Wildman–Crippen MR) is 106 cm³/mol. The van der Waals surface area contributed by atoms with Gasteiger partial charge in [0.05, 0.1) is 19.0 Å². The van der Waals surface area contributed by atoms with Crippen LogP contribution in [-0.2, 0) is 16.0 Å². The summed E-state index contributed by atoms with van der Waals surface area (Å²) in [4.78, 5) is 28.5. The number of carbonyl (C=O) groups excluding carboxylic acids is 2. The van der Waals surface area contributed by atoms with E-state index in [4.69, 9.17) is 0 Å². The van der Waals surface area contributed by atoms with Crippen molar-refractivity contribution in [3.8, 4) is 0 Å². The maximum absolute atomic E-state index is 13.0. The molecule has 1 aliphatic heterocycles. The average Bonchev–Trinajstić information content (AvgIpc) is 2.70. The van der Waals surface area contributed by atoms with Crippen molar-refractivity contribution in [2.24, 2.45) is 0 Å². The molecule has 0 aromatic heterocycles. The number of amides is 2. The predicted octanol–water partition coefficient (Wildman–Crippen LogP) is 2.53. The Morgan fingerprint density at radius 2 is 1.48 bits per heavy atom. The van der Waals surface area contributed by atoms with Gasteiger partial charge in [-0.05, 0) is 42.3 Å². The Morgan fingerprint density at radius 3 is 2.07 bits per heavy atom. The van der Waals surface area contributed by atoms with Crippen molar-refractivity contribution < 1.29 is 18.4 Å². The molecule has 2 aromatic rings. The summed E-state index contributed by atoms with van der Waals surface area (Å²) in [7, 11) is 0. The van der Waals surface area contributed by atoms with Crippen LogP contribution in [0.3, 0.4) is 0 Å². The highest BCUT2D eigenvalue weighted by molar-refractivity contribution is 5.79. The van der Waals surface area contributed by atoms with Crippen LogP contribution in [0.5, 0.6) is 0 Å². The Bertz CT molecular complexity index is 832. The lowest BCUT2D eigenvalue weighted by atomic mass is 10.1. The Kier molecular flexibility index (Phi) is 6.93. The number of carbonyl (C=O) groups is 2. The minimum atomic E-state index is -0.318. The number of piperazine rings is 1. The van der Waals surface area contributed by atoms with E-state index in [1.165, 1.54) is 24.3 Å². The van der Waals surface area contributed by atoms with E-state index in [0.29, 0.717) is 26.2 Å². The van der Waals surface area contributed by atoms with Crippen LogP contribution in [0.4, 0.5) is 8.78 Å². The number of halogens is 2. The normalized spacial score (nSPS) is 15.8. The Labute approximate surface area is 169 Å².